The molecule has 0 saturated carbocycles. The van der Waals surface area contributed by atoms with E-state index in [4.69, 9.17) is 4.98 Å². The normalized spacial score (nSPS) is 17.7. The number of nitrogens with zero attached hydrogens (tertiary/aromatic N) is 4. The maximum absolute atomic E-state index is 12.6. The topological polar surface area (TPSA) is 80.9 Å². The molecule has 3 aromatic heterocycles. The summed E-state index contributed by atoms with van der Waals surface area (Å²) in [6, 6.07) is 10.1. The molecule has 1 spiro atoms. The van der Waals surface area contributed by atoms with Crippen molar-refractivity contribution < 1.29 is 0 Å². The molecule has 2 aliphatic heterocycles. The Balaban J connectivity index is 1.36. The third kappa shape index (κ3) is 2.96. The van der Waals surface area contributed by atoms with E-state index in [9.17, 15) is 4.79 Å². The van der Waals surface area contributed by atoms with Gasteiger partial charge in [0.25, 0.3) is 5.56 Å². The molecule has 2 N–H and O–H groups in total. The van der Waals surface area contributed by atoms with Crippen LogP contribution in [0, 0.1) is 12.3 Å². The second-order valence-corrected chi connectivity index (χ2v) is 9.15. The molecule has 2 saturated heterocycles. The molecule has 0 unspecified atom stereocenters. The van der Waals surface area contributed by atoms with Crippen LogP contribution in [0.25, 0.3) is 33.5 Å². The zero-order valence-corrected chi connectivity index (χ0v) is 17.6. The predicted octanol–water partition coefficient (Wildman–Crippen LogP) is 3.04. The summed E-state index contributed by atoms with van der Waals surface area (Å²) in [7, 11) is 2.18. The Kier molecular flexibility index (Phi) is 3.86. The first-order valence-corrected chi connectivity index (χ1v) is 10.6. The van der Waals surface area contributed by atoms with Crippen molar-refractivity contribution >= 4 is 16.7 Å². The van der Waals surface area contributed by atoms with Gasteiger partial charge in [0, 0.05) is 67.0 Å². The van der Waals surface area contributed by atoms with Gasteiger partial charge in [-0.1, -0.05) is 6.07 Å². The molecule has 156 valence electrons. The van der Waals surface area contributed by atoms with E-state index < -0.39 is 0 Å². The summed E-state index contributed by atoms with van der Waals surface area (Å²) in [4.78, 5) is 32.6. The van der Waals surface area contributed by atoms with Crippen LogP contribution in [0.4, 0.5) is 5.69 Å². The van der Waals surface area contributed by atoms with E-state index in [1.54, 1.807) is 18.6 Å². The lowest BCUT2D eigenvalue weighted by Crippen LogP contribution is -2.71. The maximum atomic E-state index is 12.6. The van der Waals surface area contributed by atoms with Crippen LogP contribution in [0.15, 0.2) is 53.7 Å². The third-order valence-corrected chi connectivity index (χ3v) is 6.54. The van der Waals surface area contributed by atoms with E-state index >= 15 is 0 Å². The van der Waals surface area contributed by atoms with Crippen LogP contribution in [0.5, 0.6) is 0 Å². The summed E-state index contributed by atoms with van der Waals surface area (Å²) in [6.45, 7) is 6.68. The number of aromatic amines is 2. The summed E-state index contributed by atoms with van der Waals surface area (Å²) in [5.74, 6) is 0.586. The van der Waals surface area contributed by atoms with Gasteiger partial charge >= 0.3 is 0 Å². The summed E-state index contributed by atoms with van der Waals surface area (Å²) >= 11 is 0. The van der Waals surface area contributed by atoms with Gasteiger partial charge in [-0.05, 0) is 43.8 Å². The van der Waals surface area contributed by atoms with E-state index in [0.717, 1.165) is 40.8 Å². The van der Waals surface area contributed by atoms with Crippen LogP contribution in [0.2, 0.25) is 0 Å². The Morgan fingerprint density at radius 1 is 1.10 bits per heavy atom. The van der Waals surface area contributed by atoms with Crippen molar-refractivity contribution in [2.45, 2.75) is 6.92 Å². The minimum Gasteiger partial charge on any atom is -0.370 e. The Morgan fingerprint density at radius 2 is 1.94 bits per heavy atom. The van der Waals surface area contributed by atoms with Gasteiger partial charge in [-0.3, -0.25) is 9.78 Å². The van der Waals surface area contributed by atoms with Crippen molar-refractivity contribution in [3.8, 4) is 22.5 Å². The highest BCUT2D eigenvalue weighted by Gasteiger charge is 2.50. The van der Waals surface area contributed by atoms with Gasteiger partial charge in [-0.15, -0.1) is 0 Å². The molecule has 1 aromatic carbocycles. The first kappa shape index (κ1) is 18.3. The minimum absolute atomic E-state index is 0.164. The highest BCUT2D eigenvalue weighted by molar-refractivity contribution is 5.86. The lowest BCUT2D eigenvalue weighted by molar-refractivity contribution is -0.00238. The molecule has 0 bridgehead atoms. The first-order chi connectivity index (χ1) is 15.0. The molecule has 4 aromatic rings. The number of rotatable bonds is 3. The summed E-state index contributed by atoms with van der Waals surface area (Å²) < 4.78 is 0. The second-order valence-electron chi connectivity index (χ2n) is 9.15. The fraction of sp³-hybridized carbons (Fsp3) is 0.292. The van der Waals surface area contributed by atoms with Gasteiger partial charge < -0.3 is 19.8 Å². The minimum atomic E-state index is -0.164. The van der Waals surface area contributed by atoms with Gasteiger partial charge in [-0.2, -0.15) is 0 Å². The van der Waals surface area contributed by atoms with Crippen LogP contribution >= 0.6 is 0 Å². The summed E-state index contributed by atoms with van der Waals surface area (Å²) in [5.41, 5.74) is 6.89. The number of hydrogen-bond acceptors (Lipinski definition) is 5. The Labute approximate surface area is 179 Å². The molecule has 0 aliphatic carbocycles. The standard InChI is InChI=1S/C24H24N6O/c1-15-6-18(30-13-24(14-30)11-29(2)12-24)8-20-21(15)28-22(27-20)19-7-17(10-26-23(19)31)16-4-3-5-25-9-16/h3-10H,11-14H2,1-2H3,(H,26,31)(H,27,28). The molecule has 2 fully saturated rings. The number of likely N-dealkylation sites (tertiary alicyclic amines) is 1. The number of aromatic nitrogens is 4. The SMILES string of the molecule is Cc1cc(N2CC3(CN(C)C3)C2)cc2[nH]c(-c3cc(-c4cccnc4)c[nH]c3=O)nc12. The van der Waals surface area contributed by atoms with Gasteiger partial charge in [0.2, 0.25) is 0 Å². The van der Waals surface area contributed by atoms with Crippen LogP contribution in [-0.2, 0) is 0 Å². The average Bonchev–Trinajstić information content (AvgIpc) is 3.15. The third-order valence-electron chi connectivity index (χ3n) is 6.54. The molecule has 7 heteroatoms. The number of H-pyrrole nitrogens is 2. The van der Waals surface area contributed by atoms with E-state index in [1.807, 2.05) is 18.2 Å². The molecule has 2 aliphatic rings. The number of fused-ring (bicyclic) bond motifs is 1. The Morgan fingerprint density at radius 3 is 2.68 bits per heavy atom. The molecular formula is C24H24N6O. The highest BCUT2D eigenvalue weighted by Crippen LogP contribution is 2.42. The smallest absolute Gasteiger partial charge is 0.259 e. The Hall–Kier alpha value is -3.45. The van der Waals surface area contributed by atoms with E-state index in [-0.39, 0.29) is 5.56 Å². The quantitative estimate of drug-likeness (QED) is 0.541. The van der Waals surface area contributed by atoms with Crippen LogP contribution in [-0.4, -0.2) is 58.1 Å². The van der Waals surface area contributed by atoms with Crippen LogP contribution < -0.4 is 10.5 Å². The first-order valence-electron chi connectivity index (χ1n) is 10.6. The predicted molar refractivity (Wildman–Crippen MR) is 122 cm³/mol. The van der Waals surface area contributed by atoms with E-state index in [2.05, 4.69) is 50.9 Å². The maximum Gasteiger partial charge on any atom is 0.259 e. The van der Waals surface area contributed by atoms with Crippen molar-refractivity contribution in [1.82, 2.24) is 24.8 Å². The molecule has 0 atom stereocenters. The van der Waals surface area contributed by atoms with Gasteiger partial charge in [0.1, 0.15) is 5.82 Å². The second kappa shape index (κ2) is 6.52. The summed E-state index contributed by atoms with van der Waals surface area (Å²) in [6.07, 6.45) is 5.23. The number of nitrogens with one attached hydrogen (secondary N) is 2. The number of anilines is 1. The van der Waals surface area contributed by atoms with Crippen molar-refractivity contribution in [2.24, 2.45) is 5.41 Å². The van der Waals surface area contributed by atoms with Gasteiger partial charge in [0.05, 0.1) is 16.6 Å². The van der Waals surface area contributed by atoms with Gasteiger partial charge in [0.15, 0.2) is 0 Å². The lowest BCUT2D eigenvalue weighted by Gasteiger charge is -2.60. The number of benzene rings is 1. The van der Waals surface area contributed by atoms with Crippen molar-refractivity contribution in [3.05, 3.63) is 64.8 Å². The number of pyridine rings is 2. The molecule has 6 rings (SSSR count). The number of imidazole rings is 1. The zero-order chi connectivity index (χ0) is 21.2. The molecule has 5 heterocycles. The van der Waals surface area contributed by atoms with E-state index in [1.165, 1.54) is 18.8 Å². The molecule has 31 heavy (non-hydrogen) atoms. The fourth-order valence-electron chi connectivity index (χ4n) is 5.19. The number of hydrogen-bond donors (Lipinski definition) is 2. The molecule has 0 amide bonds. The van der Waals surface area contributed by atoms with Crippen LogP contribution in [0.1, 0.15) is 5.56 Å². The largest absolute Gasteiger partial charge is 0.370 e. The average molecular weight is 412 g/mol. The molecule has 0 radical (unpaired) electrons. The molecular weight excluding hydrogens is 388 g/mol. The number of aryl methyl sites for hydroxylation is 1. The Bertz CT molecular complexity index is 1340. The summed E-state index contributed by atoms with van der Waals surface area (Å²) in [5, 5.41) is 0. The fourth-order valence-corrected chi connectivity index (χ4v) is 5.19. The van der Waals surface area contributed by atoms with Gasteiger partial charge in [-0.25, -0.2) is 4.98 Å². The highest BCUT2D eigenvalue weighted by atomic mass is 16.1. The van der Waals surface area contributed by atoms with Crippen molar-refractivity contribution in [2.75, 3.05) is 38.1 Å². The lowest BCUT2D eigenvalue weighted by atomic mass is 9.73. The van der Waals surface area contributed by atoms with E-state index in [0.29, 0.717) is 16.8 Å². The monoisotopic (exact) mass is 412 g/mol. The van der Waals surface area contributed by atoms with Crippen molar-refractivity contribution in [1.29, 1.82) is 0 Å². The van der Waals surface area contributed by atoms with Crippen LogP contribution in [0.3, 0.4) is 0 Å². The zero-order valence-electron chi connectivity index (χ0n) is 17.6. The molecule has 7 nitrogen and oxygen atoms in total. The van der Waals surface area contributed by atoms with Crippen molar-refractivity contribution in [3.63, 3.8) is 0 Å².